The lowest BCUT2D eigenvalue weighted by Crippen LogP contribution is -2.37. The van der Waals surface area contributed by atoms with Gasteiger partial charge in [-0.3, -0.25) is 0 Å². The first-order chi connectivity index (χ1) is 9.88. The Kier molecular flexibility index (Phi) is 4.53. The summed E-state index contributed by atoms with van der Waals surface area (Å²) in [6.45, 7) is 5.69. The zero-order valence-electron chi connectivity index (χ0n) is 12.1. The molecule has 20 heavy (non-hydrogen) atoms. The van der Waals surface area contributed by atoms with Crippen molar-refractivity contribution in [3.05, 3.63) is 24.3 Å². The van der Waals surface area contributed by atoms with Crippen LogP contribution in [-0.4, -0.2) is 30.0 Å². The largest absolute Gasteiger partial charge is 0.360 e. The van der Waals surface area contributed by atoms with Crippen LogP contribution >= 0.6 is 11.5 Å². The van der Waals surface area contributed by atoms with Crippen LogP contribution in [-0.2, 0) is 0 Å². The molecule has 0 bridgehead atoms. The molecule has 108 valence electrons. The van der Waals surface area contributed by atoms with Crippen molar-refractivity contribution < 1.29 is 0 Å². The van der Waals surface area contributed by atoms with Crippen molar-refractivity contribution in [1.82, 2.24) is 9.69 Å². The van der Waals surface area contributed by atoms with E-state index in [4.69, 9.17) is 0 Å². The second-order valence-corrected chi connectivity index (χ2v) is 6.35. The van der Waals surface area contributed by atoms with Crippen molar-refractivity contribution in [2.45, 2.75) is 38.6 Å². The Morgan fingerprint density at radius 2 is 2.30 bits per heavy atom. The summed E-state index contributed by atoms with van der Waals surface area (Å²) in [5, 5.41) is 6.28. The number of hydrogen-bond acceptors (Lipinski definition) is 4. The molecule has 0 saturated carbocycles. The Morgan fingerprint density at radius 3 is 3.10 bits per heavy atom. The van der Waals surface area contributed by atoms with Gasteiger partial charge in [-0.15, -0.1) is 0 Å². The lowest BCUT2D eigenvalue weighted by molar-refractivity contribution is 0.575. The van der Waals surface area contributed by atoms with Crippen LogP contribution in [0.5, 0.6) is 0 Å². The molecular weight excluding hydrogens is 266 g/mol. The molecule has 2 aromatic rings. The number of aromatic nitrogens is 1. The highest BCUT2D eigenvalue weighted by Gasteiger charge is 2.20. The summed E-state index contributed by atoms with van der Waals surface area (Å²) in [5.74, 6) is 0. The molecule has 1 aliphatic heterocycles. The van der Waals surface area contributed by atoms with Gasteiger partial charge in [-0.1, -0.05) is 25.5 Å². The van der Waals surface area contributed by atoms with Crippen LogP contribution in [0.3, 0.4) is 0 Å². The summed E-state index contributed by atoms with van der Waals surface area (Å²) in [4.78, 5) is 2.55. The zero-order chi connectivity index (χ0) is 13.8. The molecule has 1 aliphatic rings. The van der Waals surface area contributed by atoms with E-state index in [0.29, 0.717) is 6.04 Å². The summed E-state index contributed by atoms with van der Waals surface area (Å²) in [6.07, 6.45) is 5.11. The van der Waals surface area contributed by atoms with E-state index in [1.165, 1.54) is 42.6 Å². The Hall–Kier alpha value is -1.13. The normalized spacial score (nSPS) is 18.8. The van der Waals surface area contributed by atoms with Gasteiger partial charge in [0.25, 0.3) is 0 Å². The van der Waals surface area contributed by atoms with Crippen molar-refractivity contribution in [2.24, 2.45) is 0 Å². The van der Waals surface area contributed by atoms with Crippen LogP contribution in [0.1, 0.15) is 32.6 Å². The van der Waals surface area contributed by atoms with Gasteiger partial charge in [-0.25, -0.2) is 0 Å². The lowest BCUT2D eigenvalue weighted by atomic mass is 10.2. The van der Waals surface area contributed by atoms with Gasteiger partial charge in [0, 0.05) is 24.5 Å². The lowest BCUT2D eigenvalue weighted by Gasteiger charge is -2.26. The molecular formula is C16H23N3S. The fourth-order valence-corrected chi connectivity index (χ4v) is 3.80. The van der Waals surface area contributed by atoms with E-state index in [9.17, 15) is 0 Å². The van der Waals surface area contributed by atoms with E-state index in [2.05, 4.69) is 45.8 Å². The van der Waals surface area contributed by atoms with Gasteiger partial charge in [-0.2, -0.15) is 4.37 Å². The van der Waals surface area contributed by atoms with Crippen molar-refractivity contribution in [3.63, 3.8) is 0 Å². The van der Waals surface area contributed by atoms with E-state index >= 15 is 0 Å². The minimum Gasteiger partial charge on any atom is -0.360 e. The first kappa shape index (κ1) is 13.8. The predicted octanol–water partition coefficient (Wildman–Crippen LogP) is 3.65. The quantitative estimate of drug-likeness (QED) is 0.879. The Labute approximate surface area is 125 Å². The Morgan fingerprint density at radius 1 is 1.40 bits per heavy atom. The van der Waals surface area contributed by atoms with Crippen LogP contribution in [0.25, 0.3) is 10.9 Å². The van der Waals surface area contributed by atoms with Crippen molar-refractivity contribution in [3.8, 4) is 0 Å². The number of anilines is 1. The topological polar surface area (TPSA) is 28.2 Å². The molecule has 1 saturated heterocycles. The van der Waals surface area contributed by atoms with Crippen LogP contribution in [0.4, 0.5) is 5.00 Å². The summed E-state index contributed by atoms with van der Waals surface area (Å²) in [6, 6.07) is 9.15. The van der Waals surface area contributed by atoms with E-state index in [1.54, 1.807) is 11.5 Å². The van der Waals surface area contributed by atoms with E-state index in [-0.39, 0.29) is 0 Å². The van der Waals surface area contributed by atoms with Gasteiger partial charge in [0.15, 0.2) is 0 Å². The average molecular weight is 289 g/mol. The first-order valence-electron chi connectivity index (χ1n) is 7.71. The third kappa shape index (κ3) is 2.96. The number of fused-ring (bicyclic) bond motifs is 1. The average Bonchev–Trinajstić information content (AvgIpc) is 3.12. The molecule has 1 N–H and O–H groups in total. The van der Waals surface area contributed by atoms with E-state index < -0.39 is 0 Å². The summed E-state index contributed by atoms with van der Waals surface area (Å²) in [7, 11) is 0. The molecule has 1 aromatic heterocycles. The van der Waals surface area contributed by atoms with E-state index in [1.807, 2.05) is 0 Å². The van der Waals surface area contributed by atoms with Crippen LogP contribution in [0.2, 0.25) is 0 Å². The SMILES string of the molecule is CCCCN(CC1CCCN1)c1snc2ccccc12. The highest BCUT2D eigenvalue weighted by Crippen LogP contribution is 2.31. The van der Waals surface area contributed by atoms with Crippen molar-refractivity contribution >= 4 is 27.4 Å². The van der Waals surface area contributed by atoms with Gasteiger partial charge >= 0.3 is 0 Å². The summed E-state index contributed by atoms with van der Waals surface area (Å²) >= 11 is 1.65. The number of nitrogens with one attached hydrogen (secondary N) is 1. The standard InChI is InChI=1S/C16H23N3S/c1-2-3-11-19(12-13-7-6-10-17-13)16-14-8-4-5-9-15(14)18-20-16/h4-5,8-9,13,17H,2-3,6-7,10-12H2,1H3. The number of nitrogens with zero attached hydrogens (tertiary/aromatic N) is 2. The minimum absolute atomic E-state index is 0.646. The molecule has 4 heteroatoms. The maximum absolute atomic E-state index is 4.60. The highest BCUT2D eigenvalue weighted by molar-refractivity contribution is 7.11. The van der Waals surface area contributed by atoms with Gasteiger partial charge in [0.2, 0.25) is 0 Å². The third-order valence-electron chi connectivity index (χ3n) is 4.04. The number of benzene rings is 1. The molecule has 1 atom stereocenters. The van der Waals surface area contributed by atoms with Crippen molar-refractivity contribution in [2.75, 3.05) is 24.5 Å². The number of hydrogen-bond donors (Lipinski definition) is 1. The van der Waals surface area contributed by atoms with Gasteiger partial charge < -0.3 is 10.2 Å². The van der Waals surface area contributed by atoms with Gasteiger partial charge in [0.1, 0.15) is 5.00 Å². The predicted molar refractivity (Wildman–Crippen MR) is 87.8 cm³/mol. The van der Waals surface area contributed by atoms with E-state index in [0.717, 1.165) is 18.6 Å². The molecule has 3 nitrogen and oxygen atoms in total. The Bertz CT molecular complexity index is 545. The smallest absolute Gasteiger partial charge is 0.120 e. The van der Waals surface area contributed by atoms with Gasteiger partial charge in [0.05, 0.1) is 5.52 Å². The van der Waals surface area contributed by atoms with Crippen LogP contribution < -0.4 is 10.2 Å². The number of rotatable bonds is 6. The first-order valence-corrected chi connectivity index (χ1v) is 8.48. The zero-order valence-corrected chi connectivity index (χ0v) is 13.0. The monoisotopic (exact) mass is 289 g/mol. The minimum atomic E-state index is 0.646. The van der Waals surface area contributed by atoms with Crippen LogP contribution in [0, 0.1) is 0 Å². The molecule has 0 radical (unpaired) electrons. The number of unbranched alkanes of at least 4 members (excludes halogenated alkanes) is 1. The molecule has 0 spiro atoms. The molecule has 2 heterocycles. The maximum atomic E-state index is 4.60. The summed E-state index contributed by atoms with van der Waals surface area (Å²) < 4.78 is 4.60. The van der Waals surface area contributed by atoms with Crippen LogP contribution in [0.15, 0.2) is 24.3 Å². The molecule has 1 aromatic carbocycles. The third-order valence-corrected chi connectivity index (χ3v) is 4.98. The molecule has 1 unspecified atom stereocenters. The fraction of sp³-hybridized carbons (Fsp3) is 0.562. The molecule has 0 aliphatic carbocycles. The van der Waals surface area contributed by atoms with Crippen molar-refractivity contribution in [1.29, 1.82) is 0 Å². The maximum Gasteiger partial charge on any atom is 0.120 e. The summed E-state index contributed by atoms with van der Waals surface area (Å²) in [5.41, 5.74) is 1.13. The second kappa shape index (κ2) is 6.55. The fourth-order valence-electron chi connectivity index (χ4n) is 2.91. The molecule has 1 fully saturated rings. The molecule has 3 rings (SSSR count). The molecule has 0 amide bonds. The highest BCUT2D eigenvalue weighted by atomic mass is 32.1. The van der Waals surface area contributed by atoms with Gasteiger partial charge in [-0.05, 0) is 49.5 Å². The second-order valence-electron chi connectivity index (χ2n) is 5.60. The Balaban J connectivity index is 1.83.